The first-order valence-corrected chi connectivity index (χ1v) is 6.01. The molecule has 0 aliphatic carbocycles. The fourth-order valence-corrected chi connectivity index (χ4v) is 1.32. The van der Waals surface area contributed by atoms with E-state index in [2.05, 4.69) is 17.9 Å². The van der Waals surface area contributed by atoms with Crippen molar-refractivity contribution in [3.05, 3.63) is 28.8 Å². The first-order valence-electron chi connectivity index (χ1n) is 5.18. The molecule has 1 rings (SSSR count). The van der Waals surface area contributed by atoms with Crippen LogP contribution in [0.4, 0.5) is 0 Å². The van der Waals surface area contributed by atoms with E-state index in [4.69, 9.17) is 23.1 Å². The average Bonchev–Trinajstić information content (AvgIpc) is 2.27. The third kappa shape index (κ3) is 7.09. The second-order valence-electron chi connectivity index (χ2n) is 3.23. The van der Waals surface area contributed by atoms with Gasteiger partial charge >= 0.3 is 0 Å². The van der Waals surface area contributed by atoms with Crippen molar-refractivity contribution in [3.63, 3.8) is 0 Å². The summed E-state index contributed by atoms with van der Waals surface area (Å²) in [5, 5.41) is 3.76. The summed E-state index contributed by atoms with van der Waals surface area (Å²) in [6, 6.07) is 5.72. The topological polar surface area (TPSA) is 64.1 Å². The van der Waals surface area contributed by atoms with E-state index in [1.54, 1.807) is 0 Å². The number of nitrogens with two attached hydrogens (primary N) is 2. The van der Waals surface area contributed by atoms with Gasteiger partial charge in [-0.25, -0.2) is 0 Å². The summed E-state index contributed by atoms with van der Waals surface area (Å²) in [5.74, 6) is 0. The summed E-state index contributed by atoms with van der Waals surface area (Å²) >= 11 is 9.92. The molecule has 3 nitrogen and oxygen atoms in total. The zero-order valence-electron chi connectivity index (χ0n) is 9.54. The largest absolute Gasteiger partial charge is 0.329 e. The zero-order valence-corrected chi connectivity index (χ0v) is 11.2. The van der Waals surface area contributed by atoms with Crippen LogP contribution in [-0.4, -0.2) is 26.2 Å². The molecule has 1 aromatic carbocycles. The second-order valence-corrected chi connectivity index (χ2v) is 4.09. The van der Waals surface area contributed by atoms with Crippen molar-refractivity contribution >= 4 is 24.2 Å². The third-order valence-corrected chi connectivity index (χ3v) is 2.87. The number of halogens is 1. The molecular weight excluding hydrogens is 242 g/mol. The molecule has 0 aromatic heterocycles. The Morgan fingerprint density at radius 1 is 1.25 bits per heavy atom. The molecule has 0 aliphatic heterocycles. The lowest BCUT2D eigenvalue weighted by Gasteiger charge is -1.97. The number of hydrogen-bond acceptors (Lipinski definition) is 4. The maximum atomic E-state index is 5.74. The van der Waals surface area contributed by atoms with Gasteiger partial charge in [-0.3, -0.25) is 0 Å². The maximum Gasteiger partial charge on any atom is 0.0541 e. The Morgan fingerprint density at radius 3 is 2.19 bits per heavy atom. The van der Waals surface area contributed by atoms with Crippen LogP contribution in [0, 0.1) is 6.92 Å². The smallest absolute Gasteiger partial charge is 0.0541 e. The summed E-state index contributed by atoms with van der Waals surface area (Å²) in [6.07, 6.45) is 0. The molecule has 0 radical (unpaired) electrons. The first kappa shape index (κ1) is 15.7. The van der Waals surface area contributed by atoms with Crippen LogP contribution in [0.5, 0.6) is 0 Å². The molecule has 0 spiro atoms. The molecule has 92 valence electrons. The minimum Gasteiger partial charge on any atom is -0.329 e. The highest BCUT2D eigenvalue weighted by molar-refractivity contribution is 7.80. The summed E-state index contributed by atoms with van der Waals surface area (Å²) in [6.45, 7) is 5.11. The number of hydrogen-bond donors (Lipinski definition) is 4. The van der Waals surface area contributed by atoms with E-state index in [-0.39, 0.29) is 0 Å². The zero-order chi connectivity index (χ0) is 12.4. The van der Waals surface area contributed by atoms with Gasteiger partial charge < -0.3 is 16.8 Å². The van der Waals surface area contributed by atoms with Crippen molar-refractivity contribution in [3.8, 4) is 0 Å². The van der Waals surface area contributed by atoms with Crippen molar-refractivity contribution in [1.29, 1.82) is 0 Å². The third-order valence-electron chi connectivity index (χ3n) is 1.83. The molecule has 0 saturated carbocycles. The Balaban J connectivity index is 0.000000293. The molecule has 5 N–H and O–H groups in total. The molecule has 16 heavy (non-hydrogen) atoms. The molecule has 0 aliphatic rings. The van der Waals surface area contributed by atoms with Gasteiger partial charge in [0.15, 0.2) is 0 Å². The van der Waals surface area contributed by atoms with E-state index in [0.717, 1.165) is 28.6 Å². The van der Waals surface area contributed by atoms with Crippen LogP contribution in [0.1, 0.15) is 5.56 Å². The summed E-state index contributed by atoms with van der Waals surface area (Å²) < 4.78 is 0. The number of thiol groups is 1. The highest BCUT2D eigenvalue weighted by atomic mass is 35.5. The molecule has 0 bridgehead atoms. The van der Waals surface area contributed by atoms with Crippen LogP contribution >= 0.6 is 24.2 Å². The Bertz CT molecular complexity index is 270. The molecule has 0 amide bonds. The highest BCUT2D eigenvalue weighted by Gasteiger charge is 1.95. The van der Waals surface area contributed by atoms with Gasteiger partial charge in [-0.05, 0) is 18.6 Å². The molecule has 0 fully saturated rings. The van der Waals surface area contributed by atoms with E-state index in [1.807, 2.05) is 25.1 Å². The predicted molar refractivity (Wildman–Crippen MR) is 74.4 cm³/mol. The number of aryl methyl sites for hydroxylation is 1. The van der Waals surface area contributed by atoms with Gasteiger partial charge in [-0.15, -0.1) is 12.6 Å². The summed E-state index contributed by atoms with van der Waals surface area (Å²) in [4.78, 5) is 0.874. The van der Waals surface area contributed by atoms with Gasteiger partial charge in [-0.2, -0.15) is 0 Å². The Morgan fingerprint density at radius 2 is 1.81 bits per heavy atom. The van der Waals surface area contributed by atoms with E-state index in [9.17, 15) is 0 Å². The monoisotopic (exact) mass is 261 g/mol. The van der Waals surface area contributed by atoms with Gasteiger partial charge in [0.25, 0.3) is 0 Å². The van der Waals surface area contributed by atoms with Crippen molar-refractivity contribution in [2.24, 2.45) is 11.5 Å². The normalized spacial score (nSPS) is 9.56. The van der Waals surface area contributed by atoms with E-state index in [1.165, 1.54) is 0 Å². The second kappa shape index (κ2) is 9.93. The quantitative estimate of drug-likeness (QED) is 0.490. The summed E-state index contributed by atoms with van der Waals surface area (Å²) in [5.41, 5.74) is 11.4. The molecular formula is C11H20ClN3S. The van der Waals surface area contributed by atoms with Crippen LogP contribution in [0.15, 0.2) is 23.1 Å². The Kier molecular flexibility index (Phi) is 9.77. The number of nitrogens with one attached hydrogen (secondary N) is 1. The maximum absolute atomic E-state index is 5.74. The predicted octanol–water partition coefficient (Wildman–Crippen LogP) is 1.43. The van der Waals surface area contributed by atoms with Gasteiger partial charge in [0, 0.05) is 31.1 Å². The van der Waals surface area contributed by atoms with E-state index < -0.39 is 0 Å². The van der Waals surface area contributed by atoms with E-state index >= 15 is 0 Å². The highest BCUT2D eigenvalue weighted by Crippen LogP contribution is 2.22. The Hall–Kier alpha value is -0.260. The van der Waals surface area contributed by atoms with Crippen LogP contribution in [0.2, 0.25) is 5.02 Å². The minimum atomic E-state index is 0.694. The van der Waals surface area contributed by atoms with E-state index in [0.29, 0.717) is 13.1 Å². The molecule has 5 heteroatoms. The van der Waals surface area contributed by atoms with Crippen molar-refractivity contribution < 1.29 is 0 Å². The Labute approximate surface area is 108 Å². The minimum absolute atomic E-state index is 0.694. The fourth-order valence-electron chi connectivity index (χ4n) is 0.952. The van der Waals surface area contributed by atoms with Crippen LogP contribution in [-0.2, 0) is 0 Å². The molecule has 0 unspecified atom stereocenters. The van der Waals surface area contributed by atoms with Crippen molar-refractivity contribution in [1.82, 2.24) is 5.32 Å². The number of benzene rings is 1. The molecule has 0 heterocycles. The lowest BCUT2D eigenvalue weighted by Crippen LogP contribution is -2.27. The lowest BCUT2D eigenvalue weighted by molar-refractivity contribution is 0.696. The van der Waals surface area contributed by atoms with Crippen LogP contribution in [0.3, 0.4) is 0 Å². The standard InChI is InChI=1S/C7H7ClS.C4H13N3/c1-5-3-2-4-6(8)7(5)9;5-1-3-7-4-2-6/h2-4,9H,1H3;7H,1-6H2. The van der Waals surface area contributed by atoms with Gasteiger partial charge in [0.2, 0.25) is 0 Å². The van der Waals surface area contributed by atoms with Crippen LogP contribution < -0.4 is 16.8 Å². The fraction of sp³-hybridized carbons (Fsp3) is 0.455. The average molecular weight is 262 g/mol. The summed E-state index contributed by atoms with van der Waals surface area (Å²) in [7, 11) is 0. The molecule has 0 saturated heterocycles. The molecule has 1 aromatic rings. The molecule has 0 atom stereocenters. The van der Waals surface area contributed by atoms with Crippen molar-refractivity contribution in [2.75, 3.05) is 26.2 Å². The first-order chi connectivity index (χ1) is 7.63. The number of rotatable bonds is 4. The lowest BCUT2D eigenvalue weighted by atomic mass is 10.2. The SMILES string of the molecule is Cc1cccc(Cl)c1S.NCCNCCN. The van der Waals surface area contributed by atoms with Gasteiger partial charge in [0.1, 0.15) is 0 Å². The van der Waals surface area contributed by atoms with Gasteiger partial charge in [-0.1, -0.05) is 23.7 Å². The van der Waals surface area contributed by atoms with Gasteiger partial charge in [0.05, 0.1) is 5.02 Å². The van der Waals surface area contributed by atoms with Crippen LogP contribution in [0.25, 0.3) is 0 Å². The van der Waals surface area contributed by atoms with Crippen molar-refractivity contribution in [2.45, 2.75) is 11.8 Å².